The zero-order valence-electron chi connectivity index (χ0n) is 16.4. The van der Waals surface area contributed by atoms with E-state index in [2.05, 4.69) is 17.0 Å². The van der Waals surface area contributed by atoms with Gasteiger partial charge in [-0.15, -0.1) is 0 Å². The molecule has 6 nitrogen and oxygen atoms in total. The van der Waals surface area contributed by atoms with Crippen LogP contribution in [0.15, 0.2) is 24.3 Å². The quantitative estimate of drug-likeness (QED) is 0.851. The summed E-state index contributed by atoms with van der Waals surface area (Å²) >= 11 is 0. The summed E-state index contributed by atoms with van der Waals surface area (Å²) in [6.07, 6.45) is 9.06. The van der Waals surface area contributed by atoms with Gasteiger partial charge < -0.3 is 15.5 Å². The molecule has 2 N–H and O–H groups in total. The largest absolute Gasteiger partial charge is 0.368 e. The van der Waals surface area contributed by atoms with E-state index in [0.29, 0.717) is 13.1 Å². The Labute approximate surface area is 166 Å². The molecule has 4 fully saturated rings. The molecule has 28 heavy (non-hydrogen) atoms. The fourth-order valence-electron chi connectivity index (χ4n) is 5.63. The standard InChI is InChI=1S/C22H29N4O2/c23-19(27)22-11-4-14-26(22)20(28)25(16-22)18-7-5-17(6-8-18)21(9-3-10-21)15-24-12-1-2-13-24/h5-8,11H,1-4,9-10,12-16H2,(H2,23,27)/t22-/m1/s1. The van der Waals surface area contributed by atoms with Gasteiger partial charge in [0, 0.05) is 30.6 Å². The van der Waals surface area contributed by atoms with E-state index in [0.717, 1.165) is 18.7 Å². The van der Waals surface area contributed by atoms with Crippen molar-refractivity contribution in [1.82, 2.24) is 9.80 Å². The fraction of sp³-hybridized carbons (Fsp3) is 0.591. The summed E-state index contributed by atoms with van der Waals surface area (Å²) in [7, 11) is 0. The number of hydrogen-bond acceptors (Lipinski definition) is 3. The lowest BCUT2D eigenvalue weighted by Gasteiger charge is -2.45. The van der Waals surface area contributed by atoms with E-state index in [1.807, 2.05) is 18.6 Å². The van der Waals surface area contributed by atoms with Crippen LogP contribution in [-0.4, -0.2) is 60.0 Å². The molecule has 1 aromatic rings. The average Bonchev–Trinajstić information content (AvgIpc) is 3.37. The van der Waals surface area contributed by atoms with Crippen molar-refractivity contribution in [2.45, 2.75) is 49.5 Å². The van der Waals surface area contributed by atoms with Crippen molar-refractivity contribution >= 4 is 17.6 Å². The third kappa shape index (κ3) is 2.57. The molecule has 5 rings (SSSR count). The zero-order valence-corrected chi connectivity index (χ0v) is 16.4. The second-order valence-corrected chi connectivity index (χ2v) is 8.97. The molecule has 1 saturated carbocycles. The highest BCUT2D eigenvalue weighted by atomic mass is 16.2. The van der Waals surface area contributed by atoms with E-state index in [9.17, 15) is 9.59 Å². The minimum Gasteiger partial charge on any atom is -0.368 e. The molecule has 1 aromatic carbocycles. The normalized spacial score (nSPS) is 29.2. The van der Waals surface area contributed by atoms with Crippen molar-refractivity contribution in [2.24, 2.45) is 5.73 Å². The van der Waals surface area contributed by atoms with Gasteiger partial charge in [-0.25, -0.2) is 4.79 Å². The highest BCUT2D eigenvalue weighted by Gasteiger charge is 2.56. The second-order valence-electron chi connectivity index (χ2n) is 8.97. The second kappa shape index (κ2) is 6.48. The molecule has 1 aliphatic carbocycles. The number of likely N-dealkylation sites (tertiary alicyclic amines) is 1. The lowest BCUT2D eigenvalue weighted by atomic mass is 9.64. The van der Waals surface area contributed by atoms with E-state index in [1.165, 1.54) is 50.8 Å². The van der Waals surface area contributed by atoms with Gasteiger partial charge in [0.15, 0.2) is 0 Å². The monoisotopic (exact) mass is 381 g/mol. The number of benzene rings is 1. The first-order valence-electron chi connectivity index (χ1n) is 10.6. The third-order valence-electron chi connectivity index (χ3n) is 7.43. The van der Waals surface area contributed by atoms with E-state index in [-0.39, 0.29) is 11.4 Å². The number of rotatable bonds is 5. The van der Waals surface area contributed by atoms with Crippen LogP contribution in [0, 0.1) is 6.42 Å². The van der Waals surface area contributed by atoms with Crippen LogP contribution in [-0.2, 0) is 10.2 Å². The van der Waals surface area contributed by atoms with Gasteiger partial charge in [-0.1, -0.05) is 18.6 Å². The number of fused-ring (bicyclic) bond motifs is 1. The molecule has 3 amide bonds. The number of anilines is 1. The lowest BCUT2D eigenvalue weighted by Crippen LogP contribution is -2.53. The number of hydrogen-bond donors (Lipinski definition) is 1. The molecule has 0 spiro atoms. The van der Waals surface area contributed by atoms with Crippen LogP contribution in [0.1, 0.15) is 44.1 Å². The molecule has 1 radical (unpaired) electrons. The van der Waals surface area contributed by atoms with Gasteiger partial charge in [0.05, 0.1) is 6.54 Å². The highest BCUT2D eigenvalue weighted by Crippen LogP contribution is 2.45. The van der Waals surface area contributed by atoms with Gasteiger partial charge in [-0.05, 0) is 62.9 Å². The minimum atomic E-state index is -0.944. The number of amides is 3. The summed E-state index contributed by atoms with van der Waals surface area (Å²) in [5.41, 5.74) is 7.24. The predicted molar refractivity (Wildman–Crippen MR) is 108 cm³/mol. The van der Waals surface area contributed by atoms with E-state index >= 15 is 0 Å². The van der Waals surface area contributed by atoms with Gasteiger partial charge in [0.2, 0.25) is 5.91 Å². The Morgan fingerprint density at radius 1 is 1.04 bits per heavy atom. The topological polar surface area (TPSA) is 69.9 Å². The molecule has 3 heterocycles. The smallest absolute Gasteiger partial charge is 0.325 e. The number of nitrogens with two attached hydrogens (primary N) is 1. The maximum absolute atomic E-state index is 12.9. The lowest BCUT2D eigenvalue weighted by molar-refractivity contribution is -0.124. The molecule has 6 heteroatoms. The first-order chi connectivity index (χ1) is 13.5. The van der Waals surface area contributed by atoms with Crippen molar-refractivity contribution in [3.63, 3.8) is 0 Å². The van der Waals surface area contributed by atoms with Crippen molar-refractivity contribution in [2.75, 3.05) is 37.6 Å². The van der Waals surface area contributed by atoms with Crippen LogP contribution < -0.4 is 10.6 Å². The Kier molecular flexibility index (Phi) is 4.16. The first-order valence-corrected chi connectivity index (χ1v) is 10.6. The Morgan fingerprint density at radius 2 is 1.75 bits per heavy atom. The van der Waals surface area contributed by atoms with Crippen LogP contribution in [0.4, 0.5) is 10.5 Å². The molecule has 0 unspecified atom stereocenters. The highest BCUT2D eigenvalue weighted by molar-refractivity contribution is 6.04. The fourth-order valence-corrected chi connectivity index (χ4v) is 5.63. The van der Waals surface area contributed by atoms with Crippen molar-refractivity contribution < 1.29 is 9.59 Å². The van der Waals surface area contributed by atoms with E-state index < -0.39 is 11.4 Å². The Morgan fingerprint density at radius 3 is 2.32 bits per heavy atom. The molecule has 149 valence electrons. The maximum Gasteiger partial charge on any atom is 0.325 e. The van der Waals surface area contributed by atoms with Crippen molar-refractivity contribution in [1.29, 1.82) is 0 Å². The summed E-state index contributed by atoms with van der Waals surface area (Å²) in [6.45, 7) is 4.49. The summed E-state index contributed by atoms with van der Waals surface area (Å²) in [4.78, 5) is 30.9. The molecule has 3 aliphatic heterocycles. The number of carbonyl (C=O) groups is 2. The molecule has 1 atom stereocenters. The molecule has 0 aromatic heterocycles. The molecule has 4 aliphatic rings. The van der Waals surface area contributed by atoms with Crippen LogP contribution in [0.2, 0.25) is 0 Å². The van der Waals surface area contributed by atoms with Gasteiger partial charge in [-0.2, -0.15) is 0 Å². The number of carbonyl (C=O) groups excluding carboxylic acids is 2. The van der Waals surface area contributed by atoms with Gasteiger partial charge in [0.1, 0.15) is 5.54 Å². The summed E-state index contributed by atoms with van der Waals surface area (Å²) < 4.78 is 0. The number of nitrogens with zero attached hydrogens (tertiary/aromatic N) is 3. The van der Waals surface area contributed by atoms with Crippen molar-refractivity contribution in [3.8, 4) is 0 Å². The Balaban J connectivity index is 1.37. The average molecular weight is 382 g/mol. The molecule has 0 bridgehead atoms. The van der Waals surface area contributed by atoms with E-state index in [1.54, 1.807) is 9.80 Å². The zero-order chi connectivity index (χ0) is 19.4. The third-order valence-corrected chi connectivity index (χ3v) is 7.43. The van der Waals surface area contributed by atoms with Crippen molar-refractivity contribution in [3.05, 3.63) is 36.2 Å². The maximum atomic E-state index is 12.9. The van der Waals surface area contributed by atoms with Gasteiger partial charge in [-0.3, -0.25) is 9.69 Å². The van der Waals surface area contributed by atoms with Gasteiger partial charge in [0.25, 0.3) is 0 Å². The summed E-state index contributed by atoms with van der Waals surface area (Å²) in [5, 5.41) is 0. The van der Waals surface area contributed by atoms with Crippen LogP contribution >= 0.6 is 0 Å². The SMILES string of the molecule is NC(=O)[C@]12[CH]CCN1C(=O)N(c1ccc(C3(CN4CCCC4)CCC3)cc1)C2. The first kappa shape index (κ1) is 18.0. The van der Waals surface area contributed by atoms with E-state index in [4.69, 9.17) is 5.73 Å². The van der Waals surface area contributed by atoms with Crippen LogP contribution in [0.3, 0.4) is 0 Å². The summed E-state index contributed by atoms with van der Waals surface area (Å²) in [5.74, 6) is -0.434. The number of primary amides is 1. The van der Waals surface area contributed by atoms with Crippen LogP contribution in [0.5, 0.6) is 0 Å². The minimum absolute atomic E-state index is 0.115. The molecule has 3 saturated heterocycles. The van der Waals surface area contributed by atoms with Gasteiger partial charge >= 0.3 is 6.03 Å². The predicted octanol–water partition coefficient (Wildman–Crippen LogP) is 2.28. The Bertz CT molecular complexity index is 782. The molecular formula is C22H29N4O2. The van der Waals surface area contributed by atoms with Crippen LogP contribution in [0.25, 0.3) is 0 Å². The molecular weight excluding hydrogens is 352 g/mol. The Hall–Kier alpha value is -2.08. The summed E-state index contributed by atoms with van der Waals surface area (Å²) in [6, 6.07) is 8.38. The number of urea groups is 1.